The molecule has 0 saturated heterocycles. The fourth-order valence-corrected chi connectivity index (χ4v) is 1.64. The van der Waals surface area contributed by atoms with Crippen molar-refractivity contribution < 1.29 is 4.79 Å². The molecule has 0 amide bonds. The van der Waals surface area contributed by atoms with Crippen LogP contribution in [0.4, 0.5) is 0 Å². The third-order valence-corrected chi connectivity index (χ3v) is 2.62. The molecule has 0 aliphatic rings. The lowest BCUT2D eigenvalue weighted by Crippen LogP contribution is -2.01. The van der Waals surface area contributed by atoms with E-state index in [-0.39, 0.29) is 5.78 Å². The second kappa shape index (κ2) is 4.75. The summed E-state index contributed by atoms with van der Waals surface area (Å²) in [7, 11) is 0. The first-order chi connectivity index (χ1) is 7.77. The topological polar surface area (TPSA) is 45.8 Å². The number of H-pyrrole nitrogens is 1. The van der Waals surface area contributed by atoms with Crippen molar-refractivity contribution in [3.05, 3.63) is 53.6 Å². The van der Waals surface area contributed by atoms with E-state index in [1.165, 1.54) is 0 Å². The summed E-state index contributed by atoms with van der Waals surface area (Å²) in [6.07, 6.45) is 2.87. The molecule has 1 N–H and O–H groups in total. The van der Waals surface area contributed by atoms with Crippen molar-refractivity contribution in [2.45, 2.75) is 19.8 Å². The molecule has 1 aromatic carbocycles. The standard InChI is InChI=1S/C13H14N2O/c1-10-12(15-9-14-10)7-8-13(16)11-5-3-2-4-6-11/h2-6,9H,7-8H2,1H3,(H,14,15). The third kappa shape index (κ3) is 2.37. The Labute approximate surface area is 94.5 Å². The summed E-state index contributed by atoms with van der Waals surface area (Å²) in [4.78, 5) is 19.0. The van der Waals surface area contributed by atoms with Crippen LogP contribution in [0.25, 0.3) is 0 Å². The van der Waals surface area contributed by atoms with Crippen molar-refractivity contribution in [3.8, 4) is 0 Å². The molecule has 2 rings (SSSR count). The van der Waals surface area contributed by atoms with Crippen LogP contribution in [0.5, 0.6) is 0 Å². The van der Waals surface area contributed by atoms with E-state index in [1.54, 1.807) is 6.33 Å². The highest BCUT2D eigenvalue weighted by atomic mass is 16.1. The fourth-order valence-electron chi connectivity index (χ4n) is 1.64. The van der Waals surface area contributed by atoms with Crippen LogP contribution in [0.1, 0.15) is 28.2 Å². The van der Waals surface area contributed by atoms with Gasteiger partial charge < -0.3 is 4.98 Å². The van der Waals surface area contributed by atoms with Crippen molar-refractivity contribution >= 4 is 5.78 Å². The molecule has 0 saturated carbocycles. The Bertz CT molecular complexity index is 474. The number of aromatic nitrogens is 2. The summed E-state index contributed by atoms with van der Waals surface area (Å²) in [5.74, 6) is 0.169. The van der Waals surface area contributed by atoms with Crippen LogP contribution in [0.2, 0.25) is 0 Å². The van der Waals surface area contributed by atoms with Gasteiger partial charge in [-0.2, -0.15) is 0 Å². The summed E-state index contributed by atoms with van der Waals surface area (Å²) >= 11 is 0. The van der Waals surface area contributed by atoms with E-state index in [2.05, 4.69) is 9.97 Å². The Morgan fingerprint density at radius 3 is 2.69 bits per heavy atom. The van der Waals surface area contributed by atoms with Gasteiger partial charge in [-0.25, -0.2) is 4.98 Å². The molecule has 82 valence electrons. The first kappa shape index (κ1) is 10.6. The van der Waals surface area contributed by atoms with E-state index in [4.69, 9.17) is 0 Å². The van der Waals surface area contributed by atoms with Crippen LogP contribution >= 0.6 is 0 Å². The molecule has 0 spiro atoms. The molecule has 16 heavy (non-hydrogen) atoms. The Morgan fingerprint density at radius 2 is 2.06 bits per heavy atom. The molecule has 0 unspecified atom stereocenters. The van der Waals surface area contributed by atoms with E-state index in [1.807, 2.05) is 37.3 Å². The van der Waals surface area contributed by atoms with Crippen LogP contribution in [0.3, 0.4) is 0 Å². The number of rotatable bonds is 4. The minimum Gasteiger partial charge on any atom is -0.348 e. The highest BCUT2D eigenvalue weighted by Gasteiger charge is 2.07. The average molecular weight is 214 g/mol. The van der Waals surface area contributed by atoms with Crippen molar-refractivity contribution in [1.29, 1.82) is 0 Å². The molecule has 3 heteroatoms. The number of imidazole rings is 1. The van der Waals surface area contributed by atoms with Crippen molar-refractivity contribution in [2.24, 2.45) is 0 Å². The molecule has 0 fully saturated rings. The Hall–Kier alpha value is -1.90. The number of ketones is 1. The first-order valence-electron chi connectivity index (χ1n) is 5.34. The van der Waals surface area contributed by atoms with E-state index < -0.39 is 0 Å². The number of aromatic amines is 1. The number of Topliss-reactive ketones (excluding diaryl/α,β-unsaturated/α-hetero) is 1. The average Bonchev–Trinajstić information content (AvgIpc) is 2.73. The Balaban J connectivity index is 1.97. The second-order valence-electron chi connectivity index (χ2n) is 3.76. The summed E-state index contributed by atoms with van der Waals surface area (Å²) < 4.78 is 0. The van der Waals surface area contributed by atoms with Gasteiger partial charge in [0.1, 0.15) is 0 Å². The number of carbonyl (C=O) groups excluding carboxylic acids is 1. The number of nitrogens with zero attached hydrogens (tertiary/aromatic N) is 1. The van der Waals surface area contributed by atoms with E-state index in [0.717, 1.165) is 17.0 Å². The zero-order valence-electron chi connectivity index (χ0n) is 9.23. The Morgan fingerprint density at radius 1 is 1.31 bits per heavy atom. The van der Waals surface area contributed by atoms with Crippen molar-refractivity contribution in [3.63, 3.8) is 0 Å². The molecular formula is C13H14N2O. The highest BCUT2D eigenvalue weighted by molar-refractivity contribution is 5.96. The normalized spacial score (nSPS) is 10.3. The number of nitrogens with one attached hydrogen (secondary N) is 1. The summed E-state index contributed by atoms with van der Waals surface area (Å²) in [6.45, 7) is 1.97. The molecule has 0 radical (unpaired) electrons. The molecule has 1 heterocycles. The lowest BCUT2D eigenvalue weighted by molar-refractivity contribution is 0.0982. The zero-order chi connectivity index (χ0) is 11.4. The fraction of sp³-hybridized carbons (Fsp3) is 0.231. The van der Waals surface area contributed by atoms with Gasteiger partial charge in [0.25, 0.3) is 0 Å². The molecule has 0 aliphatic heterocycles. The minimum absolute atomic E-state index is 0.169. The van der Waals surface area contributed by atoms with Gasteiger partial charge in [0.2, 0.25) is 0 Å². The minimum atomic E-state index is 0.169. The van der Waals surface area contributed by atoms with Gasteiger partial charge >= 0.3 is 0 Å². The number of aryl methyl sites for hydroxylation is 2. The van der Waals surface area contributed by atoms with Gasteiger partial charge in [0, 0.05) is 17.7 Å². The monoisotopic (exact) mass is 214 g/mol. The summed E-state index contributed by atoms with van der Waals surface area (Å²) in [5, 5.41) is 0. The SMILES string of the molecule is Cc1[nH]cnc1CCC(=O)c1ccccc1. The van der Waals surface area contributed by atoms with Crippen molar-refractivity contribution in [1.82, 2.24) is 9.97 Å². The highest BCUT2D eigenvalue weighted by Crippen LogP contribution is 2.08. The predicted octanol–water partition coefficient (Wildman–Crippen LogP) is 2.53. The molecule has 0 atom stereocenters. The largest absolute Gasteiger partial charge is 0.348 e. The molecular weight excluding hydrogens is 200 g/mol. The van der Waals surface area contributed by atoms with Crippen LogP contribution < -0.4 is 0 Å². The number of benzene rings is 1. The zero-order valence-corrected chi connectivity index (χ0v) is 9.23. The smallest absolute Gasteiger partial charge is 0.163 e. The third-order valence-electron chi connectivity index (χ3n) is 2.62. The van der Waals surface area contributed by atoms with Gasteiger partial charge in [-0.1, -0.05) is 30.3 Å². The molecule has 0 aliphatic carbocycles. The summed E-state index contributed by atoms with van der Waals surface area (Å²) in [6, 6.07) is 9.37. The van der Waals surface area contributed by atoms with Gasteiger partial charge in [-0.3, -0.25) is 4.79 Å². The quantitative estimate of drug-likeness (QED) is 0.795. The lowest BCUT2D eigenvalue weighted by atomic mass is 10.1. The number of hydrogen-bond acceptors (Lipinski definition) is 2. The van der Waals surface area contributed by atoms with E-state index in [9.17, 15) is 4.79 Å². The lowest BCUT2D eigenvalue weighted by Gasteiger charge is -2.00. The van der Waals surface area contributed by atoms with Gasteiger partial charge in [-0.05, 0) is 13.3 Å². The van der Waals surface area contributed by atoms with Crippen LogP contribution in [0, 0.1) is 6.92 Å². The number of carbonyl (C=O) groups is 1. The number of hydrogen-bond donors (Lipinski definition) is 1. The van der Waals surface area contributed by atoms with Crippen LogP contribution in [-0.4, -0.2) is 15.8 Å². The van der Waals surface area contributed by atoms with Crippen LogP contribution in [0.15, 0.2) is 36.7 Å². The maximum Gasteiger partial charge on any atom is 0.163 e. The molecule has 2 aromatic rings. The van der Waals surface area contributed by atoms with E-state index >= 15 is 0 Å². The molecule has 1 aromatic heterocycles. The van der Waals surface area contributed by atoms with Crippen LogP contribution in [-0.2, 0) is 6.42 Å². The van der Waals surface area contributed by atoms with Gasteiger partial charge in [-0.15, -0.1) is 0 Å². The van der Waals surface area contributed by atoms with Gasteiger partial charge in [0.05, 0.1) is 12.0 Å². The maximum atomic E-state index is 11.8. The van der Waals surface area contributed by atoms with Crippen molar-refractivity contribution in [2.75, 3.05) is 0 Å². The Kier molecular flexibility index (Phi) is 3.15. The maximum absolute atomic E-state index is 11.8. The molecule has 0 bridgehead atoms. The van der Waals surface area contributed by atoms with E-state index in [0.29, 0.717) is 12.8 Å². The summed E-state index contributed by atoms with van der Waals surface area (Å²) in [5.41, 5.74) is 2.79. The first-order valence-corrected chi connectivity index (χ1v) is 5.34. The molecule has 3 nitrogen and oxygen atoms in total. The predicted molar refractivity (Wildman–Crippen MR) is 62.4 cm³/mol. The van der Waals surface area contributed by atoms with Gasteiger partial charge in [0.15, 0.2) is 5.78 Å². The second-order valence-corrected chi connectivity index (χ2v) is 3.76.